The summed E-state index contributed by atoms with van der Waals surface area (Å²) in [4.78, 5) is 16.2. The van der Waals surface area contributed by atoms with Gasteiger partial charge in [-0.1, -0.05) is 211 Å². The van der Waals surface area contributed by atoms with Crippen LogP contribution < -0.4 is 26.2 Å². The van der Waals surface area contributed by atoms with E-state index in [9.17, 15) is 0 Å². The van der Waals surface area contributed by atoms with Gasteiger partial charge in [0.25, 0.3) is 6.71 Å². The second-order valence-corrected chi connectivity index (χ2v) is 22.2. The van der Waals surface area contributed by atoms with Gasteiger partial charge < -0.3 is 9.80 Å². The van der Waals surface area contributed by atoms with Crippen molar-refractivity contribution >= 4 is 111 Å². The molecule has 4 nitrogen and oxygen atoms in total. The highest BCUT2D eigenvalue weighted by Crippen LogP contribution is 2.50. The first-order valence-corrected chi connectivity index (χ1v) is 25.7. The van der Waals surface area contributed by atoms with Crippen molar-refractivity contribution in [2.45, 2.75) is 52.4 Å². The van der Waals surface area contributed by atoms with Crippen LogP contribution in [-0.4, -0.2) is 16.7 Å². The Labute approximate surface area is 427 Å². The molecule has 11 aromatic carbocycles. The van der Waals surface area contributed by atoms with E-state index < -0.39 is 0 Å². The van der Waals surface area contributed by atoms with E-state index >= 15 is 0 Å². The zero-order chi connectivity index (χ0) is 49.3. The summed E-state index contributed by atoms with van der Waals surface area (Å²) in [6, 6.07) is 79.0. The van der Waals surface area contributed by atoms with E-state index in [1.54, 1.807) is 0 Å². The summed E-state index contributed by atoms with van der Waals surface area (Å²) >= 11 is 0. The van der Waals surface area contributed by atoms with E-state index in [-0.39, 0.29) is 17.5 Å². The highest BCUT2D eigenvalue weighted by atomic mass is 15.2. The molecule has 14 rings (SSSR count). The fourth-order valence-corrected chi connectivity index (χ4v) is 12.1. The molecule has 0 N–H and O–H groups in total. The second-order valence-electron chi connectivity index (χ2n) is 22.2. The molecule has 12 aromatic rings. The van der Waals surface area contributed by atoms with Gasteiger partial charge in [0.2, 0.25) is 0 Å². The van der Waals surface area contributed by atoms with E-state index in [4.69, 9.17) is 9.97 Å². The number of para-hydroxylation sites is 1. The molecule has 0 saturated heterocycles. The van der Waals surface area contributed by atoms with Crippen molar-refractivity contribution in [3.63, 3.8) is 0 Å². The van der Waals surface area contributed by atoms with E-state index in [2.05, 4.69) is 264 Å². The van der Waals surface area contributed by atoms with Crippen molar-refractivity contribution in [2.75, 3.05) is 9.80 Å². The molecule has 0 amide bonds. The maximum atomic E-state index is 5.58. The maximum absolute atomic E-state index is 5.58. The van der Waals surface area contributed by atoms with Gasteiger partial charge in [0.05, 0.1) is 11.2 Å². The standard InChI is InChI=1S/C68H53BN4/c1-67(2,3)46-26-30-48(31-27-46)72-60-40-45(66-70-59-23-15-14-22-56(59)63(71-66)44-18-8-7-9-19-44)41-61-62(60)69(57-38-36-52-50-20-12-10-16-42(50)24-34-54(52)64(57)72)58-39-37-53-51-21-13-11-17-43(51)25-35-55(53)65(58)73(61)49-32-28-47(29-33-49)68(4,5)6/h7-41H,1-6H3. The molecule has 348 valence electrons. The number of rotatable bonds is 4. The Morgan fingerprint density at radius 2 is 0.822 bits per heavy atom. The van der Waals surface area contributed by atoms with E-state index in [1.807, 2.05) is 0 Å². The van der Waals surface area contributed by atoms with Crippen molar-refractivity contribution < 1.29 is 0 Å². The number of fused-ring (bicyclic) bond motifs is 13. The Morgan fingerprint density at radius 1 is 0.370 bits per heavy atom. The van der Waals surface area contributed by atoms with E-state index in [1.165, 1.54) is 82.0 Å². The molecule has 0 atom stereocenters. The smallest absolute Gasteiger partial charge is 0.252 e. The lowest BCUT2D eigenvalue weighted by Crippen LogP contribution is -2.61. The Morgan fingerprint density at radius 3 is 1.33 bits per heavy atom. The monoisotopic (exact) mass is 936 g/mol. The summed E-state index contributed by atoms with van der Waals surface area (Å²) in [6.45, 7) is 13.6. The number of hydrogen-bond donors (Lipinski definition) is 0. The zero-order valence-electron chi connectivity index (χ0n) is 42.1. The van der Waals surface area contributed by atoms with E-state index in [0.717, 1.165) is 50.5 Å². The van der Waals surface area contributed by atoms with Crippen molar-refractivity contribution in [2.24, 2.45) is 0 Å². The van der Waals surface area contributed by atoms with Crippen LogP contribution in [0.1, 0.15) is 52.7 Å². The molecule has 0 saturated carbocycles. The number of nitrogens with zero attached hydrogens (tertiary/aromatic N) is 4. The zero-order valence-corrected chi connectivity index (χ0v) is 42.1. The van der Waals surface area contributed by atoms with Crippen LogP contribution in [-0.2, 0) is 10.8 Å². The third-order valence-corrected chi connectivity index (χ3v) is 15.7. The molecule has 2 aliphatic heterocycles. The lowest BCUT2D eigenvalue weighted by atomic mass is 9.33. The third-order valence-electron chi connectivity index (χ3n) is 15.7. The molecule has 73 heavy (non-hydrogen) atoms. The molecule has 5 heteroatoms. The molecule has 2 aliphatic rings. The van der Waals surface area contributed by atoms with Gasteiger partial charge in [-0.05, 0) is 113 Å². The van der Waals surface area contributed by atoms with Gasteiger partial charge in [-0.15, -0.1) is 0 Å². The SMILES string of the molecule is CC(C)(C)c1ccc(N2c3cc(-c4nc(-c5ccccc5)c5ccccc5n4)cc4c3B(c3ccc5c(ccc6ccccc65)c32)c2ccc3c(ccc5ccccc53)c2N4c2ccc(C(C)(C)C)cc2)cc1. The minimum absolute atomic E-state index is 0.0150. The largest absolute Gasteiger partial charge is 0.311 e. The van der Waals surface area contributed by atoms with Crippen molar-refractivity contribution in [1.29, 1.82) is 0 Å². The fourth-order valence-electron chi connectivity index (χ4n) is 12.1. The van der Waals surface area contributed by atoms with Crippen LogP contribution in [0.4, 0.5) is 34.1 Å². The molecule has 1 aromatic heterocycles. The van der Waals surface area contributed by atoms with Crippen LogP contribution in [0.5, 0.6) is 0 Å². The predicted molar refractivity (Wildman–Crippen MR) is 312 cm³/mol. The quantitative estimate of drug-likeness (QED) is 0.130. The first-order valence-electron chi connectivity index (χ1n) is 25.7. The number of hydrogen-bond acceptors (Lipinski definition) is 4. The summed E-state index contributed by atoms with van der Waals surface area (Å²) in [6.07, 6.45) is 0. The van der Waals surface area contributed by atoms with Gasteiger partial charge in [0.1, 0.15) is 0 Å². The highest BCUT2D eigenvalue weighted by molar-refractivity contribution is 7.00. The van der Waals surface area contributed by atoms with Crippen molar-refractivity contribution in [3.8, 4) is 22.6 Å². The van der Waals surface area contributed by atoms with Crippen LogP contribution in [0, 0.1) is 0 Å². The first kappa shape index (κ1) is 43.3. The fraction of sp³-hybridized carbons (Fsp3) is 0.118. The Kier molecular flexibility index (Phi) is 9.47. The molecule has 0 unspecified atom stereocenters. The van der Waals surface area contributed by atoms with Crippen LogP contribution in [0.3, 0.4) is 0 Å². The summed E-state index contributed by atoms with van der Waals surface area (Å²) in [7, 11) is 0. The van der Waals surface area contributed by atoms with Crippen LogP contribution >= 0.6 is 0 Å². The molecular weight excluding hydrogens is 884 g/mol. The van der Waals surface area contributed by atoms with Gasteiger partial charge in [-0.25, -0.2) is 9.97 Å². The van der Waals surface area contributed by atoms with Gasteiger partial charge in [0, 0.05) is 61.4 Å². The number of aromatic nitrogens is 2. The van der Waals surface area contributed by atoms with Crippen LogP contribution in [0.25, 0.3) is 76.6 Å². The maximum Gasteiger partial charge on any atom is 0.252 e. The summed E-state index contributed by atoms with van der Waals surface area (Å²) in [5.41, 5.74) is 17.1. The Hall–Kier alpha value is -8.54. The number of benzene rings is 11. The molecule has 0 aliphatic carbocycles. The highest BCUT2D eigenvalue weighted by Gasteiger charge is 2.45. The molecule has 0 fully saturated rings. The number of anilines is 6. The Bertz CT molecular complexity index is 4010. The average molecular weight is 937 g/mol. The molecular formula is C68H53BN4. The minimum atomic E-state index is -0.108. The lowest BCUT2D eigenvalue weighted by molar-refractivity contribution is 0.590. The third kappa shape index (κ3) is 6.75. The minimum Gasteiger partial charge on any atom is -0.311 e. The normalized spacial score (nSPS) is 13.3. The van der Waals surface area contributed by atoms with Crippen molar-refractivity contribution in [1.82, 2.24) is 9.97 Å². The summed E-state index contributed by atoms with van der Waals surface area (Å²) < 4.78 is 0. The second kappa shape index (κ2) is 16.0. The average Bonchev–Trinajstić information content (AvgIpc) is 3.42. The summed E-state index contributed by atoms with van der Waals surface area (Å²) in [5, 5.41) is 10.9. The van der Waals surface area contributed by atoms with Crippen molar-refractivity contribution in [3.05, 3.63) is 223 Å². The summed E-state index contributed by atoms with van der Waals surface area (Å²) in [5.74, 6) is 0.684. The van der Waals surface area contributed by atoms with Gasteiger partial charge in [-0.3, -0.25) is 0 Å². The first-order chi connectivity index (χ1) is 35.5. The molecule has 0 spiro atoms. The predicted octanol–water partition coefficient (Wildman–Crippen LogP) is 16.3. The molecule has 3 heterocycles. The van der Waals surface area contributed by atoms with Gasteiger partial charge in [-0.2, -0.15) is 0 Å². The molecule has 0 radical (unpaired) electrons. The van der Waals surface area contributed by atoms with Gasteiger partial charge >= 0.3 is 0 Å². The molecule has 0 bridgehead atoms. The van der Waals surface area contributed by atoms with Crippen LogP contribution in [0.2, 0.25) is 0 Å². The van der Waals surface area contributed by atoms with Gasteiger partial charge in [0.15, 0.2) is 5.82 Å². The Balaban J connectivity index is 1.15. The van der Waals surface area contributed by atoms with Crippen LogP contribution in [0.15, 0.2) is 212 Å². The van der Waals surface area contributed by atoms with E-state index in [0.29, 0.717) is 5.82 Å². The lowest BCUT2D eigenvalue weighted by Gasteiger charge is -2.45. The topological polar surface area (TPSA) is 32.3 Å².